The van der Waals surface area contributed by atoms with Crippen LogP contribution in [0.4, 0.5) is 0 Å². The van der Waals surface area contributed by atoms with Crippen LogP contribution in [0.1, 0.15) is 5.56 Å². The molecule has 0 radical (unpaired) electrons. The molecule has 5 heteroatoms. The van der Waals surface area contributed by atoms with Crippen LogP contribution in [0.2, 0.25) is 10.0 Å². The van der Waals surface area contributed by atoms with E-state index in [9.17, 15) is 0 Å². The minimum atomic E-state index is 0.250. The number of ether oxygens (including phenoxy) is 1. The molecule has 0 aliphatic heterocycles. The third-order valence-electron chi connectivity index (χ3n) is 2.45. The fourth-order valence-corrected chi connectivity index (χ4v) is 2.21. The third kappa shape index (κ3) is 3.25. The third-order valence-corrected chi connectivity index (χ3v) is 3.01. The molecular weight excluding hydrogens is 247 g/mol. The van der Waals surface area contributed by atoms with Crippen molar-refractivity contribution >= 4 is 23.2 Å². The Morgan fingerprint density at radius 1 is 1.19 bits per heavy atom. The molecule has 1 rings (SSSR count). The molecule has 0 saturated carbocycles. The van der Waals surface area contributed by atoms with Gasteiger partial charge in [0.2, 0.25) is 0 Å². The van der Waals surface area contributed by atoms with Crippen molar-refractivity contribution in [2.75, 3.05) is 20.2 Å². The van der Waals surface area contributed by atoms with E-state index >= 15 is 0 Å². The lowest BCUT2D eigenvalue weighted by molar-refractivity contribution is 0.415. The Kier molecular flexibility index (Phi) is 5.35. The lowest BCUT2D eigenvalue weighted by Crippen LogP contribution is -2.25. The van der Waals surface area contributed by atoms with E-state index in [4.69, 9.17) is 39.4 Å². The Morgan fingerprint density at radius 3 is 2.06 bits per heavy atom. The normalized spacial score (nSPS) is 10.9. The predicted molar refractivity (Wildman–Crippen MR) is 68.3 cm³/mol. The molecule has 0 heterocycles. The van der Waals surface area contributed by atoms with E-state index in [1.807, 2.05) is 12.1 Å². The fraction of sp³-hybridized carbons (Fsp3) is 0.455. The molecule has 0 aromatic heterocycles. The molecule has 0 aliphatic carbocycles. The summed E-state index contributed by atoms with van der Waals surface area (Å²) < 4.78 is 5.08. The molecule has 4 N–H and O–H groups in total. The van der Waals surface area contributed by atoms with Gasteiger partial charge >= 0.3 is 0 Å². The first-order chi connectivity index (χ1) is 7.62. The van der Waals surface area contributed by atoms with Crippen LogP contribution in [-0.2, 0) is 6.42 Å². The SMILES string of the molecule is COc1c(Cl)cc(CC(CN)CN)cc1Cl. The van der Waals surface area contributed by atoms with Gasteiger partial charge in [-0.3, -0.25) is 0 Å². The van der Waals surface area contributed by atoms with Crippen LogP contribution in [-0.4, -0.2) is 20.2 Å². The molecule has 1 aromatic rings. The molecule has 0 amide bonds. The lowest BCUT2D eigenvalue weighted by Gasteiger charge is -2.14. The molecule has 0 spiro atoms. The van der Waals surface area contributed by atoms with Crippen molar-refractivity contribution in [2.45, 2.75) is 6.42 Å². The van der Waals surface area contributed by atoms with Gasteiger partial charge < -0.3 is 16.2 Å². The Labute approximate surface area is 106 Å². The van der Waals surface area contributed by atoms with Gasteiger partial charge in [-0.1, -0.05) is 23.2 Å². The van der Waals surface area contributed by atoms with E-state index in [2.05, 4.69) is 0 Å². The zero-order chi connectivity index (χ0) is 12.1. The Morgan fingerprint density at radius 2 is 1.69 bits per heavy atom. The van der Waals surface area contributed by atoms with Gasteiger partial charge in [0.25, 0.3) is 0 Å². The zero-order valence-corrected chi connectivity index (χ0v) is 10.7. The van der Waals surface area contributed by atoms with Gasteiger partial charge in [-0.15, -0.1) is 0 Å². The highest BCUT2D eigenvalue weighted by Gasteiger charge is 2.11. The first-order valence-electron chi connectivity index (χ1n) is 5.04. The summed E-state index contributed by atoms with van der Waals surface area (Å²) in [6.07, 6.45) is 0.774. The van der Waals surface area contributed by atoms with Crippen molar-refractivity contribution in [3.63, 3.8) is 0 Å². The Balaban J connectivity index is 2.91. The molecule has 0 atom stereocenters. The van der Waals surface area contributed by atoms with Crippen LogP contribution in [0.3, 0.4) is 0 Å². The van der Waals surface area contributed by atoms with Crippen LogP contribution >= 0.6 is 23.2 Å². The van der Waals surface area contributed by atoms with Crippen molar-refractivity contribution in [3.05, 3.63) is 27.7 Å². The highest BCUT2D eigenvalue weighted by atomic mass is 35.5. The molecule has 3 nitrogen and oxygen atoms in total. The molecule has 0 aliphatic rings. The number of rotatable bonds is 5. The summed E-state index contributed by atoms with van der Waals surface area (Å²) in [6.45, 7) is 1.11. The molecule has 1 aromatic carbocycles. The fourth-order valence-electron chi connectivity index (χ4n) is 1.52. The average molecular weight is 263 g/mol. The van der Waals surface area contributed by atoms with Crippen LogP contribution in [0.25, 0.3) is 0 Å². The molecular formula is C11H16Cl2N2O. The largest absolute Gasteiger partial charge is 0.494 e. The molecule has 16 heavy (non-hydrogen) atoms. The smallest absolute Gasteiger partial charge is 0.156 e. The Bertz CT molecular complexity index is 331. The molecule has 0 bridgehead atoms. The van der Waals surface area contributed by atoms with E-state index in [0.717, 1.165) is 12.0 Å². The average Bonchev–Trinajstić information content (AvgIpc) is 2.25. The Hall–Kier alpha value is -0.480. The monoisotopic (exact) mass is 262 g/mol. The van der Waals surface area contributed by atoms with Crippen molar-refractivity contribution in [1.29, 1.82) is 0 Å². The van der Waals surface area contributed by atoms with E-state index in [0.29, 0.717) is 28.9 Å². The molecule has 0 saturated heterocycles. The van der Waals surface area contributed by atoms with Gasteiger partial charge in [-0.2, -0.15) is 0 Å². The van der Waals surface area contributed by atoms with E-state index in [1.165, 1.54) is 7.11 Å². The minimum Gasteiger partial charge on any atom is -0.494 e. The number of hydrogen-bond donors (Lipinski definition) is 2. The first kappa shape index (κ1) is 13.6. The van der Waals surface area contributed by atoms with Gasteiger partial charge in [0, 0.05) is 0 Å². The second-order valence-corrected chi connectivity index (χ2v) is 4.45. The number of halogens is 2. The number of hydrogen-bond acceptors (Lipinski definition) is 3. The van der Waals surface area contributed by atoms with Gasteiger partial charge in [0.15, 0.2) is 5.75 Å². The van der Waals surface area contributed by atoms with Crippen LogP contribution in [0, 0.1) is 5.92 Å². The van der Waals surface area contributed by atoms with Gasteiger partial charge in [-0.05, 0) is 43.1 Å². The molecule has 0 fully saturated rings. The highest BCUT2D eigenvalue weighted by Crippen LogP contribution is 2.34. The zero-order valence-electron chi connectivity index (χ0n) is 9.17. The van der Waals surface area contributed by atoms with E-state index < -0.39 is 0 Å². The summed E-state index contributed by atoms with van der Waals surface area (Å²) in [5.74, 6) is 0.754. The number of benzene rings is 1. The summed E-state index contributed by atoms with van der Waals surface area (Å²) in [7, 11) is 1.54. The van der Waals surface area contributed by atoms with Crippen LogP contribution in [0.5, 0.6) is 5.75 Å². The first-order valence-corrected chi connectivity index (χ1v) is 5.80. The topological polar surface area (TPSA) is 61.3 Å². The lowest BCUT2D eigenvalue weighted by atomic mass is 9.99. The maximum atomic E-state index is 6.03. The van der Waals surface area contributed by atoms with Gasteiger partial charge in [-0.25, -0.2) is 0 Å². The second kappa shape index (κ2) is 6.30. The minimum absolute atomic E-state index is 0.250. The maximum absolute atomic E-state index is 6.03. The quantitative estimate of drug-likeness (QED) is 0.855. The van der Waals surface area contributed by atoms with E-state index in [-0.39, 0.29) is 5.92 Å². The summed E-state index contributed by atoms with van der Waals surface area (Å²) in [5.41, 5.74) is 12.2. The van der Waals surface area contributed by atoms with Crippen LogP contribution in [0.15, 0.2) is 12.1 Å². The number of methoxy groups -OCH3 is 1. The van der Waals surface area contributed by atoms with Gasteiger partial charge in [0.1, 0.15) is 0 Å². The maximum Gasteiger partial charge on any atom is 0.156 e. The van der Waals surface area contributed by atoms with Crippen molar-refractivity contribution in [3.8, 4) is 5.75 Å². The predicted octanol–water partition coefficient (Wildman–Crippen LogP) is 2.08. The second-order valence-electron chi connectivity index (χ2n) is 3.63. The molecule has 0 unspecified atom stereocenters. The summed E-state index contributed by atoms with van der Waals surface area (Å²) in [4.78, 5) is 0. The van der Waals surface area contributed by atoms with Crippen molar-refractivity contribution in [1.82, 2.24) is 0 Å². The highest BCUT2D eigenvalue weighted by molar-refractivity contribution is 6.37. The number of nitrogens with two attached hydrogens (primary N) is 2. The molecule has 90 valence electrons. The summed E-state index contributed by atoms with van der Waals surface area (Å²) in [6, 6.07) is 3.68. The van der Waals surface area contributed by atoms with Crippen molar-refractivity contribution < 1.29 is 4.74 Å². The standard InChI is InChI=1S/C11H16Cl2N2O/c1-16-11-9(12)3-7(4-10(11)13)2-8(5-14)6-15/h3-4,8H,2,5-6,14-15H2,1H3. The summed E-state index contributed by atoms with van der Waals surface area (Å²) >= 11 is 12.1. The van der Waals surface area contributed by atoms with Gasteiger partial charge in [0.05, 0.1) is 17.2 Å². The van der Waals surface area contributed by atoms with Crippen LogP contribution < -0.4 is 16.2 Å². The van der Waals surface area contributed by atoms with E-state index in [1.54, 1.807) is 0 Å². The summed E-state index contributed by atoms with van der Waals surface area (Å²) in [5, 5.41) is 1.02. The van der Waals surface area contributed by atoms with Crippen molar-refractivity contribution in [2.24, 2.45) is 17.4 Å².